The summed E-state index contributed by atoms with van der Waals surface area (Å²) in [5, 5.41) is 15.8. The fraction of sp³-hybridized carbons (Fsp3) is 0.667. The number of carboxylic acid groups (broad SMARTS) is 2. The fourth-order valence-electron chi connectivity index (χ4n) is 0.616. The average molecular weight is 214 g/mol. The van der Waals surface area contributed by atoms with Gasteiger partial charge in [0.05, 0.1) is 13.0 Å². The number of alkyl halides is 2. The van der Waals surface area contributed by atoms with Crippen LogP contribution in [0.1, 0.15) is 12.8 Å². The second-order valence-corrected chi connectivity index (χ2v) is 2.22. The summed E-state index contributed by atoms with van der Waals surface area (Å²) in [7, 11) is 0. The topological polar surface area (TPSA) is 93.1 Å². The predicted octanol–water partition coefficient (Wildman–Crippen LogP) is 1.75. The molecule has 8 heteroatoms. The van der Waals surface area contributed by atoms with Gasteiger partial charge in [-0.05, 0) is 6.42 Å². The molecule has 0 aromatic rings. The minimum atomic E-state index is -3.81. The van der Waals surface area contributed by atoms with Gasteiger partial charge in [-0.1, -0.05) is 0 Å². The molecule has 0 heterocycles. The number of ether oxygens (including phenoxy) is 2. The molecule has 6 nitrogen and oxygen atoms in total. The normalized spacial score (nSPS) is 10.7. The first-order valence-corrected chi connectivity index (χ1v) is 3.49. The Bertz CT molecular complexity index is 216. The van der Waals surface area contributed by atoms with E-state index in [0.29, 0.717) is 0 Å². The van der Waals surface area contributed by atoms with Crippen molar-refractivity contribution >= 4 is 12.3 Å². The van der Waals surface area contributed by atoms with E-state index in [-0.39, 0.29) is 6.42 Å². The molecule has 0 rings (SSSR count). The van der Waals surface area contributed by atoms with E-state index in [9.17, 15) is 18.4 Å². The SMILES string of the molecule is O=C(O)OCCCC(F)(F)OC(=O)O. The van der Waals surface area contributed by atoms with Crippen molar-refractivity contribution in [2.24, 2.45) is 0 Å². The van der Waals surface area contributed by atoms with Crippen LogP contribution in [0.25, 0.3) is 0 Å². The predicted molar refractivity (Wildman–Crippen MR) is 37.3 cm³/mol. The van der Waals surface area contributed by atoms with Crippen LogP contribution in [-0.4, -0.2) is 35.2 Å². The molecule has 0 aliphatic rings. The minimum absolute atomic E-state index is 0.327. The Labute approximate surface area is 77.0 Å². The lowest BCUT2D eigenvalue weighted by Gasteiger charge is -2.13. The van der Waals surface area contributed by atoms with Crippen LogP contribution >= 0.6 is 0 Å². The van der Waals surface area contributed by atoms with E-state index in [2.05, 4.69) is 9.47 Å². The number of hydrogen-bond acceptors (Lipinski definition) is 4. The van der Waals surface area contributed by atoms with Crippen molar-refractivity contribution in [1.29, 1.82) is 0 Å². The molecule has 14 heavy (non-hydrogen) atoms. The highest BCUT2D eigenvalue weighted by Gasteiger charge is 2.33. The number of hydrogen-bond donors (Lipinski definition) is 2. The van der Waals surface area contributed by atoms with Crippen molar-refractivity contribution in [1.82, 2.24) is 0 Å². The summed E-state index contributed by atoms with van der Waals surface area (Å²) in [5.74, 6) is 0. The third kappa shape index (κ3) is 7.07. The molecule has 0 saturated heterocycles. The zero-order valence-electron chi connectivity index (χ0n) is 6.90. The molecular formula is C6H8F2O6. The van der Waals surface area contributed by atoms with E-state index in [1.54, 1.807) is 0 Å². The van der Waals surface area contributed by atoms with Crippen molar-refractivity contribution < 1.29 is 38.1 Å². The highest BCUT2D eigenvalue weighted by Crippen LogP contribution is 2.21. The van der Waals surface area contributed by atoms with Gasteiger partial charge in [0, 0.05) is 0 Å². The molecule has 82 valence electrons. The third-order valence-corrected chi connectivity index (χ3v) is 1.07. The van der Waals surface area contributed by atoms with Crippen LogP contribution in [0, 0.1) is 0 Å². The summed E-state index contributed by atoms with van der Waals surface area (Å²) in [5.41, 5.74) is 0. The molecule has 0 aromatic carbocycles. The van der Waals surface area contributed by atoms with Crippen molar-refractivity contribution in [3.63, 3.8) is 0 Å². The molecule has 0 aliphatic heterocycles. The smallest absolute Gasteiger partial charge is 0.450 e. The van der Waals surface area contributed by atoms with E-state index in [0.717, 1.165) is 0 Å². The molecule has 0 radical (unpaired) electrons. The summed E-state index contributed by atoms with van der Waals surface area (Å²) >= 11 is 0. The molecular weight excluding hydrogens is 206 g/mol. The summed E-state index contributed by atoms with van der Waals surface area (Å²) in [4.78, 5) is 19.5. The van der Waals surface area contributed by atoms with E-state index >= 15 is 0 Å². The Hall–Kier alpha value is -1.60. The van der Waals surface area contributed by atoms with Gasteiger partial charge in [-0.25, -0.2) is 9.59 Å². The monoisotopic (exact) mass is 214 g/mol. The fourth-order valence-corrected chi connectivity index (χ4v) is 0.616. The van der Waals surface area contributed by atoms with Gasteiger partial charge in [-0.3, -0.25) is 0 Å². The van der Waals surface area contributed by atoms with Crippen LogP contribution < -0.4 is 0 Å². The van der Waals surface area contributed by atoms with Gasteiger partial charge >= 0.3 is 18.4 Å². The Balaban J connectivity index is 3.65. The number of halogens is 2. The highest BCUT2D eigenvalue weighted by atomic mass is 19.3. The second kappa shape index (κ2) is 5.20. The Morgan fingerprint density at radius 2 is 1.79 bits per heavy atom. The number of carbonyl (C=O) groups is 2. The molecule has 0 aromatic heterocycles. The summed E-state index contributed by atoms with van der Waals surface area (Å²) in [6, 6.07) is 0. The van der Waals surface area contributed by atoms with E-state index < -0.39 is 31.4 Å². The van der Waals surface area contributed by atoms with E-state index in [1.165, 1.54) is 0 Å². The number of rotatable bonds is 5. The van der Waals surface area contributed by atoms with Crippen LogP contribution in [0.4, 0.5) is 18.4 Å². The Morgan fingerprint density at radius 1 is 1.21 bits per heavy atom. The summed E-state index contributed by atoms with van der Waals surface area (Å²) < 4.78 is 31.9. The minimum Gasteiger partial charge on any atom is -0.450 e. The lowest BCUT2D eigenvalue weighted by molar-refractivity contribution is -0.213. The maximum absolute atomic E-state index is 12.4. The maximum Gasteiger partial charge on any atom is 0.510 e. The van der Waals surface area contributed by atoms with Crippen molar-refractivity contribution in [3.8, 4) is 0 Å². The largest absolute Gasteiger partial charge is 0.510 e. The van der Waals surface area contributed by atoms with Crippen molar-refractivity contribution in [2.45, 2.75) is 19.0 Å². The van der Waals surface area contributed by atoms with E-state index in [4.69, 9.17) is 10.2 Å². The lowest BCUT2D eigenvalue weighted by atomic mass is 10.3. The third-order valence-electron chi connectivity index (χ3n) is 1.07. The van der Waals surface area contributed by atoms with Gasteiger partial charge < -0.3 is 19.7 Å². The van der Waals surface area contributed by atoms with Gasteiger partial charge in [-0.15, -0.1) is 0 Å². The highest BCUT2D eigenvalue weighted by molar-refractivity contribution is 5.57. The van der Waals surface area contributed by atoms with Crippen LogP contribution in [0.15, 0.2) is 0 Å². The molecule has 0 atom stereocenters. The van der Waals surface area contributed by atoms with Crippen LogP contribution in [-0.2, 0) is 9.47 Å². The second-order valence-electron chi connectivity index (χ2n) is 2.22. The van der Waals surface area contributed by atoms with Gasteiger partial charge in [0.1, 0.15) is 0 Å². The standard InChI is InChI=1S/C6H8F2O6/c7-6(8,14-5(11)12)2-1-3-13-4(9)10/h1-3H2,(H,9,10)(H,11,12). The summed E-state index contributed by atoms with van der Waals surface area (Å²) in [6.45, 7) is -0.437. The zero-order valence-corrected chi connectivity index (χ0v) is 6.90. The first-order valence-electron chi connectivity index (χ1n) is 3.49. The molecule has 0 bridgehead atoms. The van der Waals surface area contributed by atoms with Crippen LogP contribution in [0.2, 0.25) is 0 Å². The van der Waals surface area contributed by atoms with Crippen molar-refractivity contribution in [3.05, 3.63) is 0 Å². The lowest BCUT2D eigenvalue weighted by Crippen LogP contribution is -2.24. The molecule has 0 amide bonds. The summed E-state index contributed by atoms with van der Waals surface area (Å²) in [6.07, 6.45) is -8.73. The van der Waals surface area contributed by atoms with E-state index in [1.807, 2.05) is 0 Å². The molecule has 0 fully saturated rings. The average Bonchev–Trinajstić information content (AvgIpc) is 1.95. The van der Waals surface area contributed by atoms with Crippen molar-refractivity contribution in [2.75, 3.05) is 6.61 Å². The molecule has 0 aliphatic carbocycles. The Kier molecular flexibility index (Phi) is 4.60. The van der Waals surface area contributed by atoms with Gasteiger partial charge in [0.2, 0.25) is 0 Å². The molecule has 0 spiro atoms. The van der Waals surface area contributed by atoms with Gasteiger partial charge in [-0.2, -0.15) is 8.78 Å². The van der Waals surface area contributed by atoms with Gasteiger partial charge in [0.15, 0.2) is 0 Å². The zero-order chi connectivity index (χ0) is 11.2. The quantitative estimate of drug-likeness (QED) is 0.534. The first kappa shape index (κ1) is 12.4. The molecule has 0 saturated carbocycles. The molecule has 0 unspecified atom stereocenters. The van der Waals surface area contributed by atoms with Gasteiger partial charge in [0.25, 0.3) is 0 Å². The first-order chi connectivity index (χ1) is 6.33. The van der Waals surface area contributed by atoms with Crippen LogP contribution in [0.5, 0.6) is 0 Å². The van der Waals surface area contributed by atoms with Crippen LogP contribution in [0.3, 0.4) is 0 Å². The Morgan fingerprint density at radius 3 is 2.21 bits per heavy atom. The maximum atomic E-state index is 12.4. The molecule has 2 N–H and O–H groups in total.